The number of aliphatic imine (C=N–C) groups is 1. The molecule has 0 bridgehead atoms. The molecule has 0 unspecified atom stereocenters. The van der Waals surface area contributed by atoms with Crippen molar-refractivity contribution in [3.05, 3.63) is 48.6 Å². The molecule has 3 heteroatoms. The van der Waals surface area contributed by atoms with E-state index in [-0.39, 0.29) is 12.5 Å². The topological polar surface area (TPSA) is 38.7 Å². The largest absolute Gasteiger partial charge is 0.468 e. The van der Waals surface area contributed by atoms with Gasteiger partial charge in [-0.15, -0.1) is 0 Å². The first-order valence-electron chi connectivity index (χ1n) is 4.57. The van der Waals surface area contributed by atoms with E-state index < -0.39 is 0 Å². The third-order valence-electron chi connectivity index (χ3n) is 1.87. The maximum Gasteiger partial charge on any atom is 0.327 e. The lowest BCUT2D eigenvalue weighted by molar-refractivity contribution is -0.138. The SMILES string of the molecule is C=CC(=NCC(=O)OC)c1ccccc1. The first-order chi connectivity index (χ1) is 7.27. The van der Waals surface area contributed by atoms with Gasteiger partial charge < -0.3 is 4.74 Å². The third kappa shape index (κ3) is 3.38. The molecule has 0 aromatic heterocycles. The second-order valence-electron chi connectivity index (χ2n) is 2.85. The lowest BCUT2D eigenvalue weighted by atomic mass is 10.1. The molecule has 1 aromatic carbocycles. The minimum Gasteiger partial charge on any atom is -0.468 e. The second-order valence-corrected chi connectivity index (χ2v) is 2.85. The van der Waals surface area contributed by atoms with E-state index in [1.165, 1.54) is 7.11 Å². The Bertz CT molecular complexity index is 368. The van der Waals surface area contributed by atoms with Gasteiger partial charge in [0.2, 0.25) is 0 Å². The van der Waals surface area contributed by atoms with Crippen LogP contribution in [-0.4, -0.2) is 25.3 Å². The van der Waals surface area contributed by atoms with Gasteiger partial charge in [-0.1, -0.05) is 36.9 Å². The van der Waals surface area contributed by atoms with E-state index in [1.807, 2.05) is 30.3 Å². The number of hydrogen-bond acceptors (Lipinski definition) is 3. The van der Waals surface area contributed by atoms with Crippen LogP contribution in [0.5, 0.6) is 0 Å². The van der Waals surface area contributed by atoms with Gasteiger partial charge in [-0.3, -0.25) is 9.79 Å². The summed E-state index contributed by atoms with van der Waals surface area (Å²) >= 11 is 0. The van der Waals surface area contributed by atoms with Gasteiger partial charge in [0.15, 0.2) is 0 Å². The molecule has 0 saturated carbocycles. The number of rotatable bonds is 4. The summed E-state index contributed by atoms with van der Waals surface area (Å²) in [4.78, 5) is 15.0. The molecule has 0 aliphatic carbocycles. The van der Waals surface area contributed by atoms with Crippen molar-refractivity contribution < 1.29 is 9.53 Å². The molecule has 15 heavy (non-hydrogen) atoms. The Hall–Kier alpha value is -1.90. The Labute approximate surface area is 89.1 Å². The van der Waals surface area contributed by atoms with Gasteiger partial charge in [-0.2, -0.15) is 0 Å². The van der Waals surface area contributed by atoms with Crippen LogP contribution in [0.4, 0.5) is 0 Å². The molecule has 1 rings (SSSR count). The van der Waals surface area contributed by atoms with Gasteiger partial charge in [-0.05, 0) is 11.6 Å². The summed E-state index contributed by atoms with van der Waals surface area (Å²) in [5.74, 6) is -0.356. The van der Waals surface area contributed by atoms with E-state index in [4.69, 9.17) is 0 Å². The third-order valence-corrected chi connectivity index (χ3v) is 1.87. The molecule has 0 atom stereocenters. The average Bonchev–Trinajstić information content (AvgIpc) is 2.31. The molecular formula is C12H13NO2. The maximum absolute atomic E-state index is 10.9. The average molecular weight is 203 g/mol. The Balaban J connectivity index is 2.80. The van der Waals surface area contributed by atoms with E-state index in [0.717, 1.165) is 5.56 Å². The highest BCUT2D eigenvalue weighted by Gasteiger charge is 2.00. The predicted octanol–water partition coefficient (Wildman–Crippen LogP) is 1.83. The molecule has 78 valence electrons. The minimum absolute atomic E-state index is 0.0206. The molecule has 0 fully saturated rings. The first-order valence-corrected chi connectivity index (χ1v) is 4.57. The number of carbonyl (C=O) groups excluding carboxylic acids is 1. The number of methoxy groups -OCH3 is 1. The fourth-order valence-corrected chi connectivity index (χ4v) is 1.10. The second kappa shape index (κ2) is 5.75. The summed E-state index contributed by atoms with van der Waals surface area (Å²) in [5.41, 5.74) is 1.64. The molecule has 1 aromatic rings. The van der Waals surface area contributed by atoms with Gasteiger partial charge in [0.1, 0.15) is 6.54 Å². The molecule has 3 nitrogen and oxygen atoms in total. The van der Waals surface area contributed by atoms with Crippen LogP contribution in [0.25, 0.3) is 0 Å². The van der Waals surface area contributed by atoms with Crippen LogP contribution in [0, 0.1) is 0 Å². The molecular weight excluding hydrogens is 190 g/mol. The number of esters is 1. The highest BCUT2D eigenvalue weighted by atomic mass is 16.5. The van der Waals surface area contributed by atoms with Crippen LogP contribution in [0.3, 0.4) is 0 Å². The summed E-state index contributed by atoms with van der Waals surface area (Å²) in [5, 5.41) is 0. The Morgan fingerprint density at radius 1 is 1.47 bits per heavy atom. The molecule has 0 spiro atoms. The number of ether oxygens (including phenoxy) is 1. The number of nitrogens with zero attached hydrogens (tertiary/aromatic N) is 1. The first kappa shape index (κ1) is 11.2. The van der Waals surface area contributed by atoms with E-state index >= 15 is 0 Å². The highest BCUT2D eigenvalue weighted by molar-refractivity contribution is 6.08. The maximum atomic E-state index is 10.9. The summed E-state index contributed by atoms with van der Waals surface area (Å²) in [7, 11) is 1.34. The van der Waals surface area contributed by atoms with Gasteiger partial charge in [0, 0.05) is 0 Å². The van der Waals surface area contributed by atoms with E-state index in [2.05, 4.69) is 16.3 Å². The molecule has 0 saturated heterocycles. The van der Waals surface area contributed by atoms with E-state index in [1.54, 1.807) is 6.08 Å². The molecule has 0 heterocycles. The Morgan fingerprint density at radius 2 is 2.13 bits per heavy atom. The van der Waals surface area contributed by atoms with Crippen molar-refractivity contribution in [2.24, 2.45) is 4.99 Å². The van der Waals surface area contributed by atoms with Crippen LogP contribution < -0.4 is 0 Å². The quantitative estimate of drug-likeness (QED) is 0.553. The lowest BCUT2D eigenvalue weighted by Crippen LogP contribution is -2.07. The fourth-order valence-electron chi connectivity index (χ4n) is 1.10. The van der Waals surface area contributed by atoms with Crippen LogP contribution >= 0.6 is 0 Å². The molecule has 0 aliphatic rings. The zero-order valence-corrected chi connectivity index (χ0v) is 8.64. The summed E-state index contributed by atoms with van der Waals surface area (Å²) in [6, 6.07) is 9.57. The van der Waals surface area contributed by atoms with Crippen LogP contribution in [-0.2, 0) is 9.53 Å². The van der Waals surface area contributed by atoms with Gasteiger partial charge in [0.05, 0.1) is 12.8 Å². The van der Waals surface area contributed by atoms with E-state index in [0.29, 0.717) is 5.71 Å². The summed E-state index contributed by atoms with van der Waals surface area (Å²) in [6.07, 6.45) is 1.62. The van der Waals surface area contributed by atoms with Crippen molar-refractivity contribution in [1.82, 2.24) is 0 Å². The van der Waals surface area contributed by atoms with Gasteiger partial charge in [-0.25, -0.2) is 0 Å². The summed E-state index contributed by atoms with van der Waals surface area (Å²) < 4.78 is 4.50. The number of carbonyl (C=O) groups is 1. The highest BCUT2D eigenvalue weighted by Crippen LogP contribution is 2.02. The Kier molecular flexibility index (Phi) is 4.29. The summed E-state index contributed by atoms with van der Waals surface area (Å²) in [6.45, 7) is 3.68. The van der Waals surface area contributed by atoms with Crippen molar-refractivity contribution in [2.45, 2.75) is 0 Å². The van der Waals surface area contributed by atoms with Gasteiger partial charge >= 0.3 is 5.97 Å². The normalized spacial score (nSPS) is 10.9. The predicted molar refractivity (Wildman–Crippen MR) is 60.1 cm³/mol. The number of allylic oxidation sites excluding steroid dienone is 1. The van der Waals surface area contributed by atoms with Crippen LogP contribution in [0.2, 0.25) is 0 Å². The van der Waals surface area contributed by atoms with Crippen molar-refractivity contribution >= 4 is 11.7 Å². The molecule has 0 N–H and O–H groups in total. The van der Waals surface area contributed by atoms with E-state index in [9.17, 15) is 4.79 Å². The van der Waals surface area contributed by atoms with Crippen LogP contribution in [0.15, 0.2) is 48.0 Å². The van der Waals surface area contributed by atoms with Gasteiger partial charge in [0.25, 0.3) is 0 Å². The smallest absolute Gasteiger partial charge is 0.327 e. The zero-order chi connectivity index (χ0) is 11.1. The lowest BCUT2D eigenvalue weighted by Gasteiger charge is -2.00. The van der Waals surface area contributed by atoms with Crippen LogP contribution in [0.1, 0.15) is 5.56 Å². The molecule has 0 radical (unpaired) electrons. The number of hydrogen-bond donors (Lipinski definition) is 0. The number of benzene rings is 1. The standard InChI is InChI=1S/C12H13NO2/c1-3-11(13-9-12(14)15-2)10-7-5-4-6-8-10/h3-8H,1,9H2,2H3. The van der Waals surface area contributed by atoms with Crippen molar-refractivity contribution in [2.75, 3.05) is 13.7 Å². The molecule has 0 aliphatic heterocycles. The Morgan fingerprint density at radius 3 is 2.67 bits per heavy atom. The minimum atomic E-state index is -0.356. The van der Waals surface area contributed by atoms with Crippen molar-refractivity contribution in [3.8, 4) is 0 Å². The van der Waals surface area contributed by atoms with Crippen molar-refractivity contribution in [1.29, 1.82) is 0 Å². The fraction of sp³-hybridized carbons (Fsp3) is 0.167. The van der Waals surface area contributed by atoms with Crippen molar-refractivity contribution in [3.63, 3.8) is 0 Å². The monoisotopic (exact) mass is 203 g/mol. The molecule has 0 amide bonds. The zero-order valence-electron chi connectivity index (χ0n) is 8.64.